The first-order valence-electron chi connectivity index (χ1n) is 10.6. The SMILES string of the molecule is CCOc1ccc([C@H]2Oc3ccc(Br)cc3[C@H]3CC(c4ccc5c(c4)OCO5)=NN32)cc1. The molecule has 2 atom stereocenters. The summed E-state index contributed by atoms with van der Waals surface area (Å²) in [5.74, 6) is 3.27. The lowest BCUT2D eigenvalue weighted by Gasteiger charge is -2.38. The molecule has 6 rings (SSSR count). The van der Waals surface area contributed by atoms with Crippen LogP contribution in [0.5, 0.6) is 23.0 Å². The molecule has 0 aromatic heterocycles. The molecule has 0 saturated heterocycles. The summed E-state index contributed by atoms with van der Waals surface area (Å²) in [5, 5.41) is 7.11. The molecule has 0 amide bonds. The molecule has 3 aromatic carbocycles. The molecule has 0 radical (unpaired) electrons. The Bertz CT molecular complexity index is 1210. The summed E-state index contributed by atoms with van der Waals surface area (Å²) in [5.41, 5.74) is 4.19. The van der Waals surface area contributed by atoms with Crippen molar-refractivity contribution in [1.82, 2.24) is 5.01 Å². The van der Waals surface area contributed by atoms with Gasteiger partial charge in [-0.1, -0.05) is 15.9 Å². The van der Waals surface area contributed by atoms with Gasteiger partial charge in [0, 0.05) is 27.6 Å². The topological polar surface area (TPSA) is 52.5 Å². The number of halogens is 1. The highest BCUT2D eigenvalue weighted by atomic mass is 79.9. The summed E-state index contributed by atoms with van der Waals surface area (Å²) >= 11 is 3.61. The second-order valence-corrected chi connectivity index (χ2v) is 8.78. The quantitative estimate of drug-likeness (QED) is 0.459. The second kappa shape index (κ2) is 7.74. The first-order chi connectivity index (χ1) is 15.7. The summed E-state index contributed by atoms with van der Waals surface area (Å²) in [6, 6.07) is 20.3. The van der Waals surface area contributed by atoms with Crippen LogP contribution in [-0.4, -0.2) is 24.1 Å². The molecule has 3 heterocycles. The maximum atomic E-state index is 6.46. The van der Waals surface area contributed by atoms with Gasteiger partial charge in [0.15, 0.2) is 11.5 Å². The Kier molecular flexibility index (Phi) is 4.72. The molecule has 6 nitrogen and oxygen atoms in total. The third-order valence-electron chi connectivity index (χ3n) is 5.93. The molecule has 0 N–H and O–H groups in total. The standard InChI is InChI=1S/C25H21BrN2O4/c1-2-29-18-7-3-15(4-8-18)25-28-21(19-12-17(26)6-10-22(19)32-25)13-20(27-28)16-5-9-23-24(11-16)31-14-30-23/h3-12,21,25H,2,13-14H2,1H3/t21-,25-/m1/s1. The number of hydrogen-bond acceptors (Lipinski definition) is 6. The van der Waals surface area contributed by atoms with E-state index >= 15 is 0 Å². The van der Waals surface area contributed by atoms with E-state index in [1.54, 1.807) is 0 Å². The number of rotatable bonds is 4. The van der Waals surface area contributed by atoms with Gasteiger partial charge in [0.1, 0.15) is 11.5 Å². The molecule has 162 valence electrons. The zero-order valence-electron chi connectivity index (χ0n) is 17.5. The van der Waals surface area contributed by atoms with Gasteiger partial charge >= 0.3 is 0 Å². The van der Waals surface area contributed by atoms with Crippen molar-refractivity contribution < 1.29 is 18.9 Å². The molecule has 7 heteroatoms. The molecule has 3 aliphatic heterocycles. The van der Waals surface area contributed by atoms with Gasteiger partial charge in [-0.2, -0.15) is 5.10 Å². The van der Waals surface area contributed by atoms with E-state index in [0.29, 0.717) is 6.61 Å². The van der Waals surface area contributed by atoms with Gasteiger partial charge in [0.25, 0.3) is 0 Å². The maximum Gasteiger partial charge on any atom is 0.231 e. The van der Waals surface area contributed by atoms with Crippen LogP contribution in [0.25, 0.3) is 0 Å². The highest BCUT2D eigenvalue weighted by molar-refractivity contribution is 9.10. The lowest BCUT2D eigenvalue weighted by atomic mass is 9.96. The molecule has 3 aromatic rings. The van der Waals surface area contributed by atoms with E-state index in [9.17, 15) is 0 Å². The Morgan fingerprint density at radius 2 is 1.81 bits per heavy atom. The Morgan fingerprint density at radius 1 is 1.00 bits per heavy atom. The van der Waals surface area contributed by atoms with Gasteiger partial charge < -0.3 is 18.9 Å². The minimum absolute atomic E-state index is 0.0771. The highest BCUT2D eigenvalue weighted by Gasteiger charge is 2.41. The Balaban J connectivity index is 1.40. The van der Waals surface area contributed by atoms with Crippen molar-refractivity contribution in [3.05, 3.63) is 81.8 Å². The van der Waals surface area contributed by atoms with Gasteiger partial charge in [0.05, 0.1) is 18.4 Å². The molecule has 0 fully saturated rings. The Hall–Kier alpha value is -3.19. The number of fused-ring (bicyclic) bond motifs is 4. The van der Waals surface area contributed by atoms with Crippen LogP contribution in [-0.2, 0) is 0 Å². The zero-order chi connectivity index (χ0) is 21.7. The third-order valence-corrected chi connectivity index (χ3v) is 6.43. The number of ether oxygens (including phenoxy) is 4. The first kappa shape index (κ1) is 19.5. The Morgan fingerprint density at radius 3 is 2.66 bits per heavy atom. The largest absolute Gasteiger partial charge is 0.494 e. The van der Waals surface area contributed by atoms with Crippen LogP contribution in [0.3, 0.4) is 0 Å². The zero-order valence-corrected chi connectivity index (χ0v) is 19.0. The minimum Gasteiger partial charge on any atom is -0.494 e. The predicted octanol–water partition coefficient (Wildman–Crippen LogP) is 5.82. The van der Waals surface area contributed by atoms with Crippen molar-refractivity contribution in [3.63, 3.8) is 0 Å². The van der Waals surface area contributed by atoms with E-state index in [0.717, 1.165) is 56.3 Å². The monoisotopic (exact) mass is 492 g/mol. The fourth-order valence-corrected chi connectivity index (χ4v) is 4.80. The van der Waals surface area contributed by atoms with Crippen molar-refractivity contribution in [3.8, 4) is 23.0 Å². The van der Waals surface area contributed by atoms with Gasteiger partial charge in [-0.05, 0) is 67.6 Å². The Labute approximate surface area is 194 Å². The lowest BCUT2D eigenvalue weighted by Crippen LogP contribution is -2.33. The molecule has 32 heavy (non-hydrogen) atoms. The fraction of sp³-hybridized carbons (Fsp3) is 0.240. The van der Waals surface area contributed by atoms with Crippen LogP contribution in [0.1, 0.15) is 42.3 Å². The van der Waals surface area contributed by atoms with Crippen LogP contribution in [0.4, 0.5) is 0 Å². The van der Waals surface area contributed by atoms with Crippen molar-refractivity contribution >= 4 is 21.6 Å². The van der Waals surface area contributed by atoms with Crippen molar-refractivity contribution in [1.29, 1.82) is 0 Å². The molecule has 0 aliphatic carbocycles. The van der Waals surface area contributed by atoms with Gasteiger partial charge in [0.2, 0.25) is 13.0 Å². The van der Waals surface area contributed by atoms with Gasteiger partial charge in [-0.15, -0.1) is 0 Å². The molecule has 0 spiro atoms. The van der Waals surface area contributed by atoms with E-state index in [2.05, 4.69) is 27.0 Å². The van der Waals surface area contributed by atoms with Crippen LogP contribution >= 0.6 is 15.9 Å². The highest BCUT2D eigenvalue weighted by Crippen LogP contribution is 2.48. The van der Waals surface area contributed by atoms with Gasteiger partial charge in [-0.25, -0.2) is 5.01 Å². The predicted molar refractivity (Wildman–Crippen MR) is 123 cm³/mol. The lowest BCUT2D eigenvalue weighted by molar-refractivity contribution is -0.0191. The molecule has 0 saturated carbocycles. The number of hydrazone groups is 1. The smallest absolute Gasteiger partial charge is 0.231 e. The number of nitrogens with zero attached hydrogens (tertiary/aromatic N) is 2. The molecular formula is C25H21BrN2O4. The van der Waals surface area contributed by atoms with E-state index in [4.69, 9.17) is 24.0 Å². The molecular weight excluding hydrogens is 472 g/mol. The average molecular weight is 493 g/mol. The van der Waals surface area contributed by atoms with Crippen LogP contribution in [0, 0.1) is 0 Å². The van der Waals surface area contributed by atoms with Crippen LogP contribution in [0.15, 0.2) is 70.2 Å². The van der Waals surface area contributed by atoms with E-state index in [1.807, 2.05) is 61.5 Å². The first-order valence-corrected chi connectivity index (χ1v) is 11.4. The maximum absolute atomic E-state index is 6.46. The average Bonchev–Trinajstić information content (AvgIpc) is 3.46. The number of benzene rings is 3. The van der Waals surface area contributed by atoms with Crippen molar-refractivity contribution in [2.45, 2.75) is 25.6 Å². The van der Waals surface area contributed by atoms with Crippen LogP contribution < -0.4 is 18.9 Å². The third kappa shape index (κ3) is 3.28. The van der Waals surface area contributed by atoms with Crippen molar-refractivity contribution in [2.75, 3.05) is 13.4 Å². The fourth-order valence-electron chi connectivity index (χ4n) is 4.42. The minimum atomic E-state index is -0.323. The summed E-state index contributed by atoms with van der Waals surface area (Å²) in [4.78, 5) is 0. The number of hydrogen-bond donors (Lipinski definition) is 0. The molecule has 3 aliphatic rings. The van der Waals surface area contributed by atoms with E-state index in [1.165, 1.54) is 0 Å². The second-order valence-electron chi connectivity index (χ2n) is 7.87. The summed E-state index contributed by atoms with van der Waals surface area (Å²) in [6.07, 6.45) is 0.454. The normalized spacial score (nSPS) is 20.3. The molecule has 0 bridgehead atoms. The summed E-state index contributed by atoms with van der Waals surface area (Å²) in [7, 11) is 0. The van der Waals surface area contributed by atoms with Crippen molar-refractivity contribution in [2.24, 2.45) is 5.10 Å². The van der Waals surface area contributed by atoms with E-state index in [-0.39, 0.29) is 19.1 Å². The summed E-state index contributed by atoms with van der Waals surface area (Å²) in [6.45, 7) is 2.88. The van der Waals surface area contributed by atoms with Gasteiger partial charge in [-0.3, -0.25) is 0 Å². The summed E-state index contributed by atoms with van der Waals surface area (Å²) < 4.78 is 24.1. The van der Waals surface area contributed by atoms with E-state index < -0.39 is 0 Å². The molecule has 0 unspecified atom stereocenters. The van der Waals surface area contributed by atoms with Crippen LogP contribution in [0.2, 0.25) is 0 Å².